The number of hydroxylamine groups is 2. The number of aliphatic carboxylic acids is 2. The van der Waals surface area contributed by atoms with Crippen molar-refractivity contribution in [2.24, 2.45) is 5.16 Å². The van der Waals surface area contributed by atoms with E-state index < -0.39 is 95.2 Å². The minimum atomic E-state index is -2.90. The lowest BCUT2D eigenvalue weighted by molar-refractivity contribution is -0.256. The molecular formula is C26H22N6O14S. The smallest absolute Gasteiger partial charge is 0.372 e. The number of oxime groups is 1. The molecule has 1 aromatic carbocycles. The van der Waals surface area contributed by atoms with Crippen LogP contribution in [-0.4, -0.2) is 113 Å². The molecule has 0 bridgehead atoms. The van der Waals surface area contributed by atoms with E-state index in [1.54, 1.807) is 0 Å². The second-order valence-corrected chi connectivity index (χ2v) is 11.7. The van der Waals surface area contributed by atoms with Gasteiger partial charge in [-0.25, -0.2) is 19.4 Å². The van der Waals surface area contributed by atoms with Crippen molar-refractivity contribution in [3.8, 4) is 11.5 Å². The van der Waals surface area contributed by atoms with Gasteiger partial charge in [0.2, 0.25) is 5.60 Å². The molecule has 0 spiro atoms. The molecule has 3 atom stereocenters. The molecule has 4 aliphatic rings. The number of aromatic nitrogens is 1. The number of nitrogens with zero attached hydrogens (tertiary/aromatic N) is 4. The van der Waals surface area contributed by atoms with E-state index >= 15 is 0 Å². The van der Waals surface area contributed by atoms with E-state index in [4.69, 9.17) is 20.1 Å². The number of fused-ring (bicyclic) bond motifs is 1. The highest BCUT2D eigenvalue weighted by molar-refractivity contribution is 7.13. The number of carboxylic acids is 2. The minimum Gasteiger partial charge on any atom is -0.504 e. The van der Waals surface area contributed by atoms with E-state index in [1.165, 1.54) is 5.38 Å². The van der Waals surface area contributed by atoms with Crippen LogP contribution >= 0.6 is 11.3 Å². The molecule has 3 aliphatic heterocycles. The number of amides is 4. The lowest BCUT2D eigenvalue weighted by Crippen LogP contribution is -2.57. The quantitative estimate of drug-likeness (QED) is 0.0581. The number of aromatic hydroxyl groups is 2. The van der Waals surface area contributed by atoms with Crippen molar-refractivity contribution in [3.05, 3.63) is 34.3 Å². The molecule has 6 rings (SSSR count). The third kappa shape index (κ3) is 4.82. The number of carboxylic acid groups (broad SMARTS) is 2. The van der Waals surface area contributed by atoms with Gasteiger partial charge in [0.15, 0.2) is 22.3 Å². The van der Waals surface area contributed by atoms with Gasteiger partial charge in [0.1, 0.15) is 24.4 Å². The molecule has 4 amide bonds. The standard InChI is InChI=1S/C26H22N6O14S/c27-24-29-12(8-47-24)16(30-46-25(22(40)41)2-1-3-25)17(35)28-11-7-44-32(20(11)38)26(23(42)43)6-13(21(39)45-26)31-18(36)9-4-14(33)15(34)5-10(9)19(31)37/h4-5,8,11,13,33-34H,1-3,6-7H2,(H2,27,29)(H,28,35)(H,40,41)(H,42,43)/b30-16-/t11-,13-,26?/m0/s1. The number of nitrogen functional groups attached to an aromatic ring is 1. The van der Waals surface area contributed by atoms with Gasteiger partial charge in [0.25, 0.3) is 23.6 Å². The summed E-state index contributed by atoms with van der Waals surface area (Å²) in [5.41, 5.74) is -0.344. The van der Waals surface area contributed by atoms with Gasteiger partial charge in [-0.2, -0.15) is 5.06 Å². The third-order valence-electron chi connectivity index (χ3n) is 8.01. The number of hydrogen-bond acceptors (Lipinski definition) is 16. The highest BCUT2D eigenvalue weighted by atomic mass is 32.1. The lowest BCUT2D eigenvalue weighted by atomic mass is 9.80. The molecule has 0 radical (unpaired) electrons. The van der Waals surface area contributed by atoms with Gasteiger partial charge in [-0.3, -0.25) is 28.9 Å². The zero-order valence-corrected chi connectivity index (χ0v) is 24.4. The summed E-state index contributed by atoms with van der Waals surface area (Å²) in [5.74, 6) is -10.6. The van der Waals surface area contributed by atoms with Gasteiger partial charge in [0.05, 0.1) is 17.5 Å². The molecule has 246 valence electrons. The first-order chi connectivity index (χ1) is 22.2. The van der Waals surface area contributed by atoms with Crippen LogP contribution in [0.4, 0.5) is 5.13 Å². The Kier molecular flexibility index (Phi) is 7.23. The molecule has 7 N–H and O–H groups in total. The van der Waals surface area contributed by atoms with Crippen molar-refractivity contribution in [3.63, 3.8) is 0 Å². The summed E-state index contributed by atoms with van der Waals surface area (Å²) in [4.78, 5) is 105. The number of esters is 1. The number of carbonyl (C=O) groups excluding carboxylic acids is 5. The van der Waals surface area contributed by atoms with Crippen LogP contribution in [0.2, 0.25) is 0 Å². The van der Waals surface area contributed by atoms with E-state index in [2.05, 4.69) is 15.5 Å². The van der Waals surface area contributed by atoms with Crippen LogP contribution in [-0.2, 0) is 38.4 Å². The highest BCUT2D eigenvalue weighted by Gasteiger charge is 2.65. The predicted molar refractivity (Wildman–Crippen MR) is 148 cm³/mol. The summed E-state index contributed by atoms with van der Waals surface area (Å²) in [6.45, 7) is -0.681. The maximum absolute atomic E-state index is 13.4. The number of thiazole rings is 1. The molecular weight excluding hydrogens is 652 g/mol. The Hall–Kier alpha value is -5.83. The van der Waals surface area contributed by atoms with Crippen LogP contribution in [0.25, 0.3) is 0 Å². The van der Waals surface area contributed by atoms with Crippen LogP contribution in [0.5, 0.6) is 11.5 Å². The molecule has 2 aromatic rings. The Morgan fingerprint density at radius 1 is 1.06 bits per heavy atom. The van der Waals surface area contributed by atoms with Gasteiger partial charge >= 0.3 is 23.6 Å². The van der Waals surface area contributed by atoms with Crippen LogP contribution in [0.1, 0.15) is 52.1 Å². The van der Waals surface area contributed by atoms with Gasteiger partial charge in [-0.05, 0) is 18.6 Å². The number of nitrogens with two attached hydrogens (primary N) is 1. The van der Waals surface area contributed by atoms with Crippen LogP contribution in [0, 0.1) is 0 Å². The Morgan fingerprint density at radius 2 is 1.70 bits per heavy atom. The van der Waals surface area contributed by atoms with E-state index in [0.717, 1.165) is 23.5 Å². The average Bonchev–Trinajstić information content (AvgIpc) is 3.72. The number of anilines is 1. The number of phenols is 2. The molecule has 4 heterocycles. The molecule has 1 unspecified atom stereocenters. The number of imide groups is 1. The van der Waals surface area contributed by atoms with Crippen molar-refractivity contribution in [2.75, 3.05) is 12.3 Å². The second kappa shape index (κ2) is 10.9. The molecule has 21 heteroatoms. The summed E-state index contributed by atoms with van der Waals surface area (Å²) >= 11 is 0.925. The molecule has 1 aromatic heterocycles. The number of ether oxygens (including phenoxy) is 1. The first-order valence-electron chi connectivity index (χ1n) is 13.6. The summed E-state index contributed by atoms with van der Waals surface area (Å²) in [6, 6.07) is -1.90. The maximum Gasteiger partial charge on any atom is 0.372 e. The molecule has 3 fully saturated rings. The van der Waals surface area contributed by atoms with Crippen LogP contribution < -0.4 is 11.1 Å². The fourth-order valence-electron chi connectivity index (χ4n) is 5.34. The Morgan fingerprint density at radius 3 is 2.21 bits per heavy atom. The molecule has 2 saturated heterocycles. The monoisotopic (exact) mass is 674 g/mol. The van der Waals surface area contributed by atoms with Crippen molar-refractivity contribution in [1.29, 1.82) is 0 Å². The fourth-order valence-corrected chi connectivity index (χ4v) is 5.89. The highest BCUT2D eigenvalue weighted by Crippen LogP contribution is 2.41. The van der Waals surface area contributed by atoms with Gasteiger partial charge in [0, 0.05) is 18.2 Å². The molecule has 47 heavy (non-hydrogen) atoms. The normalized spacial score (nSPS) is 25.0. The van der Waals surface area contributed by atoms with Gasteiger partial charge in [-0.1, -0.05) is 5.16 Å². The first-order valence-corrected chi connectivity index (χ1v) is 14.5. The summed E-state index contributed by atoms with van der Waals surface area (Å²) < 4.78 is 5.08. The van der Waals surface area contributed by atoms with E-state index in [9.17, 15) is 54.0 Å². The predicted octanol–water partition coefficient (Wildman–Crippen LogP) is -1.48. The fraction of sp³-hybridized carbons (Fsp3) is 0.346. The van der Waals surface area contributed by atoms with Crippen LogP contribution in [0.3, 0.4) is 0 Å². The summed E-state index contributed by atoms with van der Waals surface area (Å²) in [5, 5.41) is 46.7. The summed E-state index contributed by atoms with van der Waals surface area (Å²) in [6.07, 6.45) is -0.223. The number of cyclic esters (lactones) is 1. The minimum absolute atomic E-state index is 0.0243. The number of nitrogens with one attached hydrogen (secondary N) is 1. The SMILES string of the molecule is Nc1nc(/C(=N/OC2(C(=O)O)CCC2)C(=O)N[C@H]2CON(C3(C(=O)O)C[C@H](N4C(=O)c5cc(O)c(O)cc5C4=O)C(=O)O3)C2=O)cs1. The largest absolute Gasteiger partial charge is 0.504 e. The maximum atomic E-state index is 13.4. The van der Waals surface area contributed by atoms with E-state index in [-0.39, 0.29) is 39.9 Å². The topological polar surface area (TPSA) is 298 Å². The summed E-state index contributed by atoms with van der Waals surface area (Å²) in [7, 11) is 0. The zero-order chi connectivity index (χ0) is 34.0. The number of hydrogen-bond donors (Lipinski definition) is 6. The number of benzene rings is 1. The van der Waals surface area contributed by atoms with Crippen molar-refractivity contribution >= 4 is 63.7 Å². The van der Waals surface area contributed by atoms with E-state index in [1.807, 2.05) is 0 Å². The number of carbonyl (C=O) groups is 7. The number of phenolic OH excluding ortho intramolecular Hbond substituents is 2. The van der Waals surface area contributed by atoms with Crippen molar-refractivity contribution in [2.45, 2.75) is 49.1 Å². The third-order valence-corrected chi connectivity index (χ3v) is 8.69. The molecule has 20 nitrogen and oxygen atoms in total. The Bertz CT molecular complexity index is 1780. The van der Waals surface area contributed by atoms with Crippen molar-refractivity contribution < 1.29 is 68.4 Å². The van der Waals surface area contributed by atoms with Gasteiger partial charge in [-0.15, -0.1) is 11.3 Å². The molecule has 1 aliphatic carbocycles. The second-order valence-electron chi connectivity index (χ2n) is 10.8. The van der Waals surface area contributed by atoms with Crippen LogP contribution in [0.15, 0.2) is 22.7 Å². The van der Waals surface area contributed by atoms with Gasteiger partial charge < -0.3 is 41.1 Å². The zero-order valence-electron chi connectivity index (χ0n) is 23.6. The van der Waals surface area contributed by atoms with Crippen molar-refractivity contribution in [1.82, 2.24) is 20.3 Å². The van der Waals surface area contributed by atoms with E-state index in [0.29, 0.717) is 11.3 Å². The number of rotatable bonds is 9. The first kappa shape index (κ1) is 31.2. The Labute approximate surface area is 264 Å². The Balaban J connectivity index is 1.22. The lowest BCUT2D eigenvalue weighted by Gasteiger charge is -2.34. The average molecular weight is 675 g/mol. The molecule has 1 saturated carbocycles.